The molecule has 0 fully saturated rings. The van der Waals surface area contributed by atoms with Crippen LogP contribution in [0.5, 0.6) is 0 Å². The summed E-state index contributed by atoms with van der Waals surface area (Å²) in [5, 5.41) is 9.79. The monoisotopic (exact) mass is 289 g/mol. The zero-order chi connectivity index (χ0) is 15.6. The van der Waals surface area contributed by atoms with Crippen LogP contribution in [-0.2, 0) is 0 Å². The minimum absolute atomic E-state index is 0.316. The molecule has 1 N–H and O–H groups in total. The van der Waals surface area contributed by atoms with Crippen molar-refractivity contribution in [1.82, 2.24) is 0 Å². The molecule has 0 aromatic heterocycles. The van der Waals surface area contributed by atoms with E-state index in [1.165, 1.54) is 57.4 Å². The molecule has 0 aliphatic heterocycles. The third kappa shape index (κ3) is 16.9. The summed E-state index contributed by atoms with van der Waals surface area (Å²) < 4.78 is 0. The average Bonchev–Trinajstić information content (AvgIpc) is 2.49. The second-order valence-corrected chi connectivity index (χ2v) is 5.53. The molecule has 0 aromatic carbocycles. The van der Waals surface area contributed by atoms with Crippen molar-refractivity contribution in [2.45, 2.75) is 77.2 Å². The first-order valence-electron chi connectivity index (χ1n) is 8.54. The summed E-state index contributed by atoms with van der Waals surface area (Å²) in [7, 11) is 0. The van der Waals surface area contributed by atoms with Crippen molar-refractivity contribution < 1.29 is 5.11 Å². The van der Waals surface area contributed by atoms with Crippen LogP contribution < -0.4 is 0 Å². The molecule has 1 nitrogen and oxygen atoms in total. The number of hydrogen-bond acceptors (Lipinski definition) is 1. The number of rotatable bonds is 14. The lowest BCUT2D eigenvalue weighted by atomic mass is 10.0. The highest BCUT2D eigenvalue weighted by molar-refractivity contribution is 5.14. The topological polar surface area (TPSA) is 20.2 Å². The average molecular weight is 289 g/mol. The Labute approximate surface area is 132 Å². The lowest BCUT2D eigenvalue weighted by Crippen LogP contribution is -2.01. The maximum atomic E-state index is 9.79. The molecule has 1 unspecified atom stereocenters. The molecule has 1 heteroatoms. The van der Waals surface area contributed by atoms with Gasteiger partial charge in [0.2, 0.25) is 0 Å². The lowest BCUT2D eigenvalue weighted by molar-refractivity contribution is 0.208. The molecule has 1 radical (unpaired) electrons. The van der Waals surface area contributed by atoms with E-state index in [0.717, 1.165) is 12.8 Å². The van der Waals surface area contributed by atoms with Crippen molar-refractivity contribution in [3.05, 3.63) is 49.1 Å². The second-order valence-electron chi connectivity index (χ2n) is 5.53. The molecule has 0 saturated carbocycles. The Balaban J connectivity index is 3.39. The van der Waals surface area contributed by atoms with E-state index in [1.54, 1.807) is 6.08 Å². The standard InChI is InChI=1S/C20H33O/c1-3-5-7-9-11-12-13-15-17-19-20(21)18-16-14-10-8-6-4-2/h2,4,6,8,10,14,16,18,20-21H,3,5,7,9,11-13,15,17,19H2,1H3/b4-2?,8-6+,14-10+,18-16+. The first kappa shape index (κ1) is 19.9. The van der Waals surface area contributed by atoms with Crippen molar-refractivity contribution in [3.8, 4) is 0 Å². The Morgan fingerprint density at radius 3 is 1.90 bits per heavy atom. The van der Waals surface area contributed by atoms with Crippen LogP contribution in [0.3, 0.4) is 0 Å². The van der Waals surface area contributed by atoms with E-state index in [-0.39, 0.29) is 6.10 Å². The lowest BCUT2D eigenvalue weighted by Gasteiger charge is -2.05. The maximum absolute atomic E-state index is 9.79. The largest absolute Gasteiger partial charge is 0.389 e. The quantitative estimate of drug-likeness (QED) is 0.310. The Hall–Kier alpha value is -1.08. The summed E-state index contributed by atoms with van der Waals surface area (Å²) in [5.41, 5.74) is 0. The van der Waals surface area contributed by atoms with Gasteiger partial charge in [0.15, 0.2) is 0 Å². The van der Waals surface area contributed by atoms with Gasteiger partial charge in [0.25, 0.3) is 0 Å². The van der Waals surface area contributed by atoms with Gasteiger partial charge in [-0.15, -0.1) is 0 Å². The predicted octanol–water partition coefficient (Wildman–Crippen LogP) is 5.93. The SMILES string of the molecule is [CH]=C/C=C/C=C/C=C/C(O)CCCCCCCCCCC. The Morgan fingerprint density at radius 2 is 1.29 bits per heavy atom. The Bertz CT molecular complexity index is 299. The molecule has 0 aromatic rings. The van der Waals surface area contributed by atoms with Crippen LogP contribution in [0.1, 0.15) is 71.1 Å². The van der Waals surface area contributed by atoms with Gasteiger partial charge in [-0.05, 0) is 6.42 Å². The summed E-state index contributed by atoms with van der Waals surface area (Å²) in [5.74, 6) is 0. The van der Waals surface area contributed by atoms with Crippen molar-refractivity contribution in [2.24, 2.45) is 0 Å². The molecular formula is C20H33O. The van der Waals surface area contributed by atoms with Gasteiger partial charge >= 0.3 is 0 Å². The van der Waals surface area contributed by atoms with Gasteiger partial charge in [-0.1, -0.05) is 114 Å². The minimum atomic E-state index is -0.316. The highest BCUT2D eigenvalue weighted by Gasteiger charge is 1.98. The Morgan fingerprint density at radius 1 is 0.762 bits per heavy atom. The molecular weight excluding hydrogens is 256 g/mol. The summed E-state index contributed by atoms with van der Waals surface area (Å²) >= 11 is 0. The third-order valence-electron chi connectivity index (χ3n) is 3.49. The van der Waals surface area contributed by atoms with Crippen LogP contribution in [0, 0.1) is 6.58 Å². The highest BCUT2D eigenvalue weighted by atomic mass is 16.3. The van der Waals surface area contributed by atoms with E-state index < -0.39 is 0 Å². The number of hydrogen-bond donors (Lipinski definition) is 1. The molecule has 1 atom stereocenters. The molecule has 0 saturated heterocycles. The van der Waals surface area contributed by atoms with Crippen LogP contribution in [0.4, 0.5) is 0 Å². The molecule has 0 aliphatic rings. The molecule has 0 heterocycles. The zero-order valence-electron chi connectivity index (χ0n) is 13.7. The van der Waals surface area contributed by atoms with Gasteiger partial charge in [0, 0.05) is 0 Å². The van der Waals surface area contributed by atoms with Crippen LogP contribution in [0.2, 0.25) is 0 Å². The van der Waals surface area contributed by atoms with E-state index in [0.29, 0.717) is 0 Å². The van der Waals surface area contributed by atoms with Crippen LogP contribution in [0.15, 0.2) is 42.5 Å². The third-order valence-corrected chi connectivity index (χ3v) is 3.49. The van der Waals surface area contributed by atoms with Crippen molar-refractivity contribution in [3.63, 3.8) is 0 Å². The summed E-state index contributed by atoms with van der Waals surface area (Å²) in [6.07, 6.45) is 25.1. The Kier molecular flexibility index (Phi) is 16.1. The number of aliphatic hydroxyl groups excluding tert-OH is 1. The van der Waals surface area contributed by atoms with E-state index >= 15 is 0 Å². The molecule has 21 heavy (non-hydrogen) atoms. The van der Waals surface area contributed by atoms with E-state index in [2.05, 4.69) is 6.92 Å². The number of allylic oxidation sites excluding steroid dienone is 6. The van der Waals surface area contributed by atoms with Gasteiger partial charge in [0.1, 0.15) is 0 Å². The number of aliphatic hydroxyl groups is 1. The summed E-state index contributed by atoms with van der Waals surface area (Å²) in [4.78, 5) is 0. The normalized spacial score (nSPS) is 13.6. The second kappa shape index (κ2) is 17.0. The van der Waals surface area contributed by atoms with Gasteiger partial charge < -0.3 is 5.11 Å². The molecule has 0 rings (SSSR count). The van der Waals surface area contributed by atoms with Crippen LogP contribution in [-0.4, -0.2) is 11.2 Å². The summed E-state index contributed by atoms with van der Waals surface area (Å²) in [6.45, 7) is 7.46. The first-order valence-corrected chi connectivity index (χ1v) is 8.54. The van der Waals surface area contributed by atoms with Gasteiger partial charge in [0.05, 0.1) is 6.10 Å². The molecule has 0 aliphatic carbocycles. The zero-order valence-corrected chi connectivity index (χ0v) is 13.7. The van der Waals surface area contributed by atoms with Crippen molar-refractivity contribution in [1.29, 1.82) is 0 Å². The van der Waals surface area contributed by atoms with E-state index in [9.17, 15) is 5.11 Å². The minimum Gasteiger partial charge on any atom is -0.389 e. The summed E-state index contributed by atoms with van der Waals surface area (Å²) in [6, 6.07) is 0. The predicted molar refractivity (Wildman–Crippen MR) is 94.1 cm³/mol. The maximum Gasteiger partial charge on any atom is 0.0723 e. The first-order chi connectivity index (χ1) is 10.3. The van der Waals surface area contributed by atoms with Crippen LogP contribution >= 0.6 is 0 Å². The fourth-order valence-electron chi connectivity index (χ4n) is 2.21. The highest BCUT2D eigenvalue weighted by Crippen LogP contribution is 2.11. The molecule has 119 valence electrons. The van der Waals surface area contributed by atoms with Gasteiger partial charge in [-0.25, -0.2) is 0 Å². The van der Waals surface area contributed by atoms with Gasteiger partial charge in [-0.2, -0.15) is 0 Å². The van der Waals surface area contributed by atoms with Crippen LogP contribution in [0.25, 0.3) is 0 Å². The molecule has 0 bridgehead atoms. The molecule has 0 spiro atoms. The molecule has 0 amide bonds. The van der Waals surface area contributed by atoms with Crippen molar-refractivity contribution >= 4 is 0 Å². The van der Waals surface area contributed by atoms with E-state index in [1.807, 2.05) is 30.4 Å². The van der Waals surface area contributed by atoms with E-state index in [4.69, 9.17) is 6.58 Å². The fraction of sp³-hybridized carbons (Fsp3) is 0.600. The van der Waals surface area contributed by atoms with Gasteiger partial charge in [-0.3, -0.25) is 0 Å². The fourth-order valence-corrected chi connectivity index (χ4v) is 2.21. The number of unbranched alkanes of at least 4 members (excludes halogenated alkanes) is 8. The van der Waals surface area contributed by atoms with Crippen molar-refractivity contribution in [2.75, 3.05) is 0 Å². The smallest absolute Gasteiger partial charge is 0.0723 e.